The van der Waals surface area contributed by atoms with Crippen molar-refractivity contribution in [2.45, 2.75) is 13.3 Å². The van der Waals surface area contributed by atoms with Crippen molar-refractivity contribution in [3.8, 4) is 10.6 Å². The smallest absolute Gasteiger partial charge is 0.336 e. The van der Waals surface area contributed by atoms with Crippen molar-refractivity contribution in [3.05, 3.63) is 43.5 Å². The van der Waals surface area contributed by atoms with Gasteiger partial charge >= 0.3 is 5.97 Å². The molecule has 0 amide bonds. The Morgan fingerprint density at radius 3 is 2.55 bits per heavy atom. The van der Waals surface area contributed by atoms with Gasteiger partial charge in [0.25, 0.3) is 0 Å². The summed E-state index contributed by atoms with van der Waals surface area (Å²) in [6.07, 6.45) is 0.736. The summed E-state index contributed by atoms with van der Waals surface area (Å²) >= 11 is 4.62. The fraction of sp³-hybridized carbons (Fsp3) is 0.154. The van der Waals surface area contributed by atoms with Crippen molar-refractivity contribution in [1.29, 1.82) is 0 Å². The molecule has 20 heavy (non-hydrogen) atoms. The summed E-state index contributed by atoms with van der Waals surface area (Å²) in [5, 5.41) is 16.6. The summed E-state index contributed by atoms with van der Waals surface area (Å²) in [5.74, 6) is -0.902. The zero-order valence-electron chi connectivity index (χ0n) is 10.5. The van der Waals surface area contributed by atoms with E-state index in [0.29, 0.717) is 5.56 Å². The van der Waals surface area contributed by atoms with E-state index in [1.165, 1.54) is 11.3 Å². The number of carbonyl (C=O) groups is 1. The van der Waals surface area contributed by atoms with Crippen LogP contribution in [0.1, 0.15) is 26.1 Å². The third-order valence-electron chi connectivity index (χ3n) is 2.62. The molecule has 0 aromatic carbocycles. The number of thiazole rings is 2. The summed E-state index contributed by atoms with van der Waals surface area (Å²) in [5.41, 5.74) is 2.19. The second-order valence-electron chi connectivity index (χ2n) is 4.19. The van der Waals surface area contributed by atoms with Gasteiger partial charge < -0.3 is 5.11 Å². The number of carboxylic acids is 1. The molecule has 0 aliphatic rings. The van der Waals surface area contributed by atoms with Crippen LogP contribution in [0.2, 0.25) is 0 Å². The molecule has 1 N–H and O–H groups in total. The molecule has 3 heterocycles. The van der Waals surface area contributed by atoms with E-state index in [2.05, 4.69) is 9.97 Å². The molecule has 0 atom stereocenters. The number of aromatic carboxylic acids is 1. The molecule has 7 heteroatoms. The van der Waals surface area contributed by atoms with Crippen LogP contribution in [-0.4, -0.2) is 21.0 Å². The van der Waals surface area contributed by atoms with Gasteiger partial charge in [0.2, 0.25) is 0 Å². The zero-order chi connectivity index (χ0) is 14.1. The molecule has 0 saturated carbocycles. The lowest BCUT2D eigenvalue weighted by atomic mass is 10.3. The van der Waals surface area contributed by atoms with Gasteiger partial charge in [0, 0.05) is 21.8 Å². The SMILES string of the molecule is Cc1csc(Cc2nc(-c3cc(C(=O)O)cs3)cs2)n1. The van der Waals surface area contributed by atoms with E-state index >= 15 is 0 Å². The largest absolute Gasteiger partial charge is 0.478 e. The summed E-state index contributed by atoms with van der Waals surface area (Å²) in [4.78, 5) is 20.8. The second kappa shape index (κ2) is 5.43. The van der Waals surface area contributed by atoms with E-state index in [-0.39, 0.29) is 0 Å². The van der Waals surface area contributed by atoms with Gasteiger partial charge in [0.05, 0.1) is 27.6 Å². The monoisotopic (exact) mass is 322 g/mol. The average molecular weight is 322 g/mol. The number of aromatic nitrogens is 2. The van der Waals surface area contributed by atoms with Crippen molar-refractivity contribution in [3.63, 3.8) is 0 Å². The molecule has 4 nitrogen and oxygen atoms in total. The quantitative estimate of drug-likeness (QED) is 0.790. The molecule has 0 spiro atoms. The summed E-state index contributed by atoms with van der Waals surface area (Å²) in [6.45, 7) is 1.98. The normalized spacial score (nSPS) is 10.8. The lowest BCUT2D eigenvalue weighted by Crippen LogP contribution is -1.91. The fourth-order valence-electron chi connectivity index (χ4n) is 1.70. The highest BCUT2D eigenvalue weighted by Crippen LogP contribution is 2.29. The van der Waals surface area contributed by atoms with Gasteiger partial charge in [-0.15, -0.1) is 34.0 Å². The van der Waals surface area contributed by atoms with Gasteiger partial charge in [-0.1, -0.05) is 0 Å². The Balaban J connectivity index is 1.80. The fourth-order valence-corrected chi connectivity index (χ4v) is 4.28. The maximum absolute atomic E-state index is 10.9. The Labute approximate surface area is 127 Å². The molecule has 0 unspecified atom stereocenters. The highest BCUT2D eigenvalue weighted by Gasteiger charge is 2.12. The predicted octanol–water partition coefficient (Wildman–Crippen LogP) is 3.93. The molecule has 0 radical (unpaired) electrons. The van der Waals surface area contributed by atoms with Crippen LogP contribution in [0.15, 0.2) is 22.2 Å². The number of thiophene rings is 1. The summed E-state index contributed by atoms with van der Waals surface area (Å²) in [6, 6.07) is 1.67. The molecule has 3 aromatic rings. The minimum atomic E-state index is -0.902. The standard InChI is InChI=1S/C13H10N2O2S3/c1-7-4-19-11(14-7)3-12-15-9(6-20-12)10-2-8(5-18-10)13(16)17/h2,4-6H,3H2,1H3,(H,16,17). The van der Waals surface area contributed by atoms with Crippen LogP contribution in [0.3, 0.4) is 0 Å². The van der Waals surface area contributed by atoms with Crippen LogP contribution in [-0.2, 0) is 6.42 Å². The van der Waals surface area contributed by atoms with Gasteiger partial charge in [0.1, 0.15) is 5.01 Å². The van der Waals surface area contributed by atoms with E-state index < -0.39 is 5.97 Å². The Bertz CT molecular complexity index is 757. The first-order valence-electron chi connectivity index (χ1n) is 5.79. The van der Waals surface area contributed by atoms with Crippen molar-refractivity contribution in [1.82, 2.24) is 9.97 Å². The number of hydrogen-bond acceptors (Lipinski definition) is 6. The highest BCUT2D eigenvalue weighted by molar-refractivity contribution is 7.14. The molecule has 3 rings (SSSR count). The number of hydrogen-bond donors (Lipinski definition) is 1. The molecule has 0 aliphatic heterocycles. The van der Waals surface area contributed by atoms with E-state index in [4.69, 9.17) is 5.11 Å². The van der Waals surface area contributed by atoms with Crippen LogP contribution in [0.5, 0.6) is 0 Å². The van der Waals surface area contributed by atoms with Gasteiger partial charge in [-0.25, -0.2) is 14.8 Å². The maximum Gasteiger partial charge on any atom is 0.336 e. The van der Waals surface area contributed by atoms with Crippen LogP contribution in [0.4, 0.5) is 0 Å². The third-order valence-corrected chi connectivity index (χ3v) is 5.39. The molecule has 0 aliphatic carbocycles. The molecular weight excluding hydrogens is 312 g/mol. The van der Waals surface area contributed by atoms with Crippen molar-refractivity contribution < 1.29 is 9.90 Å². The van der Waals surface area contributed by atoms with Crippen LogP contribution in [0, 0.1) is 6.92 Å². The van der Waals surface area contributed by atoms with E-state index in [0.717, 1.165) is 32.7 Å². The van der Waals surface area contributed by atoms with Gasteiger partial charge in [-0.3, -0.25) is 0 Å². The number of rotatable bonds is 4. The topological polar surface area (TPSA) is 63.1 Å². The maximum atomic E-state index is 10.9. The first kappa shape index (κ1) is 13.4. The van der Waals surface area contributed by atoms with Crippen LogP contribution in [0.25, 0.3) is 10.6 Å². The van der Waals surface area contributed by atoms with Crippen molar-refractivity contribution >= 4 is 40.0 Å². The lowest BCUT2D eigenvalue weighted by molar-refractivity contribution is 0.0697. The molecule has 0 bridgehead atoms. The summed E-state index contributed by atoms with van der Waals surface area (Å²) < 4.78 is 0. The van der Waals surface area contributed by atoms with Crippen molar-refractivity contribution in [2.24, 2.45) is 0 Å². The Morgan fingerprint density at radius 1 is 1.15 bits per heavy atom. The lowest BCUT2D eigenvalue weighted by Gasteiger charge is -1.91. The third kappa shape index (κ3) is 2.79. The predicted molar refractivity (Wildman–Crippen MR) is 82.0 cm³/mol. The number of carboxylic acid groups (broad SMARTS) is 1. The van der Waals surface area contributed by atoms with E-state index in [1.54, 1.807) is 34.1 Å². The van der Waals surface area contributed by atoms with Gasteiger partial charge in [-0.05, 0) is 13.0 Å². The Morgan fingerprint density at radius 2 is 1.90 bits per heavy atom. The highest BCUT2D eigenvalue weighted by atomic mass is 32.1. The summed E-state index contributed by atoms with van der Waals surface area (Å²) in [7, 11) is 0. The number of aryl methyl sites for hydroxylation is 1. The first-order valence-corrected chi connectivity index (χ1v) is 8.43. The van der Waals surface area contributed by atoms with Crippen molar-refractivity contribution in [2.75, 3.05) is 0 Å². The molecular formula is C13H10N2O2S3. The Kier molecular flexibility index (Phi) is 3.64. The molecule has 102 valence electrons. The second-order valence-corrected chi connectivity index (χ2v) is 6.99. The van der Waals surface area contributed by atoms with Gasteiger partial charge in [-0.2, -0.15) is 0 Å². The average Bonchev–Trinajstić information content (AvgIpc) is 3.10. The molecule has 0 saturated heterocycles. The molecule has 0 fully saturated rings. The Hall–Kier alpha value is -1.57. The number of nitrogens with zero attached hydrogens (tertiary/aromatic N) is 2. The van der Waals surface area contributed by atoms with Crippen LogP contribution < -0.4 is 0 Å². The molecule has 3 aromatic heterocycles. The van der Waals surface area contributed by atoms with E-state index in [1.807, 2.05) is 17.7 Å². The minimum absolute atomic E-state index is 0.315. The minimum Gasteiger partial charge on any atom is -0.478 e. The first-order chi connectivity index (χ1) is 9.61. The van der Waals surface area contributed by atoms with E-state index in [9.17, 15) is 4.79 Å². The van der Waals surface area contributed by atoms with Gasteiger partial charge in [0.15, 0.2) is 0 Å². The van der Waals surface area contributed by atoms with Crippen LogP contribution >= 0.6 is 34.0 Å². The zero-order valence-corrected chi connectivity index (χ0v) is 12.9.